The third kappa shape index (κ3) is 2.04. The Labute approximate surface area is 75.1 Å². The molecule has 0 fully saturated rings. The number of hydrogen-bond donors (Lipinski definition) is 1. The lowest BCUT2D eigenvalue weighted by molar-refractivity contribution is 0.0700. The number of rotatable bonds is 4. The number of nitrogens with zero attached hydrogens (tertiary/aromatic N) is 1. The van der Waals surface area contributed by atoms with Crippen LogP contribution in [0.25, 0.3) is 0 Å². The second-order valence-corrected chi connectivity index (χ2v) is 3.39. The molecule has 1 aromatic rings. The molecule has 0 radical (unpaired) electrons. The lowest BCUT2D eigenvalue weighted by Gasteiger charge is -1.95. The number of carboxylic acids is 1. The van der Waals surface area contributed by atoms with Crippen LogP contribution in [-0.4, -0.2) is 16.1 Å². The molecular formula is C8H11NO2S. The van der Waals surface area contributed by atoms with Crippen molar-refractivity contribution in [3.05, 3.63) is 16.1 Å². The van der Waals surface area contributed by atoms with Gasteiger partial charge in [-0.05, 0) is 12.8 Å². The predicted octanol–water partition coefficient (Wildman–Crippen LogP) is 2.18. The van der Waals surface area contributed by atoms with Gasteiger partial charge in [0.2, 0.25) is 0 Å². The first-order valence-corrected chi connectivity index (χ1v) is 4.79. The second kappa shape index (κ2) is 4.21. The maximum absolute atomic E-state index is 10.6. The molecule has 0 aliphatic rings. The highest BCUT2D eigenvalue weighted by atomic mass is 32.1. The molecule has 0 bridgehead atoms. The molecule has 0 aromatic carbocycles. The van der Waals surface area contributed by atoms with Gasteiger partial charge in [0.1, 0.15) is 4.88 Å². The largest absolute Gasteiger partial charge is 0.477 e. The van der Waals surface area contributed by atoms with Gasteiger partial charge in [-0.25, -0.2) is 9.78 Å². The summed E-state index contributed by atoms with van der Waals surface area (Å²) in [7, 11) is 0. The van der Waals surface area contributed by atoms with Crippen LogP contribution in [0.2, 0.25) is 0 Å². The van der Waals surface area contributed by atoms with Gasteiger partial charge in [-0.1, -0.05) is 13.3 Å². The van der Waals surface area contributed by atoms with Crippen molar-refractivity contribution in [2.24, 2.45) is 0 Å². The van der Waals surface area contributed by atoms with Crippen molar-refractivity contribution in [1.82, 2.24) is 4.98 Å². The monoisotopic (exact) mass is 185 g/mol. The molecule has 1 N–H and O–H groups in total. The van der Waals surface area contributed by atoms with Gasteiger partial charge in [0.15, 0.2) is 0 Å². The van der Waals surface area contributed by atoms with Gasteiger partial charge in [-0.2, -0.15) is 0 Å². The van der Waals surface area contributed by atoms with Crippen molar-refractivity contribution in [1.29, 1.82) is 0 Å². The van der Waals surface area contributed by atoms with Crippen molar-refractivity contribution in [2.75, 3.05) is 0 Å². The van der Waals surface area contributed by atoms with Crippen LogP contribution in [0.4, 0.5) is 0 Å². The van der Waals surface area contributed by atoms with Gasteiger partial charge >= 0.3 is 5.97 Å². The summed E-state index contributed by atoms with van der Waals surface area (Å²) in [5.41, 5.74) is 2.32. The van der Waals surface area contributed by atoms with Gasteiger partial charge in [0.25, 0.3) is 0 Å². The van der Waals surface area contributed by atoms with E-state index < -0.39 is 5.97 Å². The number of carboxylic acid groups (broad SMARTS) is 1. The molecule has 1 heterocycles. The average molecular weight is 185 g/mol. The molecule has 0 spiro atoms. The third-order valence-electron chi connectivity index (χ3n) is 1.60. The van der Waals surface area contributed by atoms with Gasteiger partial charge in [-0.15, -0.1) is 11.3 Å². The van der Waals surface area contributed by atoms with E-state index in [9.17, 15) is 4.79 Å². The zero-order valence-electron chi connectivity index (χ0n) is 6.91. The highest BCUT2D eigenvalue weighted by Gasteiger charge is 2.11. The summed E-state index contributed by atoms with van der Waals surface area (Å²) in [6, 6.07) is 0. The summed E-state index contributed by atoms with van der Waals surface area (Å²) in [5, 5.41) is 8.72. The Morgan fingerprint density at radius 1 is 1.75 bits per heavy atom. The molecule has 1 rings (SSSR count). The zero-order valence-corrected chi connectivity index (χ0v) is 7.73. The topological polar surface area (TPSA) is 50.2 Å². The second-order valence-electron chi connectivity index (χ2n) is 2.54. The Bertz CT molecular complexity index is 270. The molecule has 3 nitrogen and oxygen atoms in total. The standard InChI is InChI=1S/C8H11NO2S/c1-2-3-4-6-7(8(10)11)12-5-9-6/h5H,2-4H2,1H3,(H,10,11). The minimum atomic E-state index is -0.858. The van der Waals surface area contributed by atoms with Crippen LogP contribution in [0.1, 0.15) is 35.1 Å². The lowest BCUT2D eigenvalue weighted by Crippen LogP contribution is -1.98. The molecule has 0 saturated heterocycles. The molecule has 0 aliphatic heterocycles. The van der Waals surface area contributed by atoms with E-state index in [2.05, 4.69) is 11.9 Å². The molecule has 1 aromatic heterocycles. The number of hydrogen-bond acceptors (Lipinski definition) is 3. The Morgan fingerprint density at radius 3 is 3.08 bits per heavy atom. The molecule has 0 saturated carbocycles. The first-order chi connectivity index (χ1) is 5.75. The fraction of sp³-hybridized carbons (Fsp3) is 0.500. The third-order valence-corrected chi connectivity index (χ3v) is 2.46. The van der Waals surface area contributed by atoms with E-state index in [4.69, 9.17) is 5.11 Å². The number of aromatic carboxylic acids is 1. The Morgan fingerprint density at radius 2 is 2.50 bits per heavy atom. The summed E-state index contributed by atoms with van der Waals surface area (Å²) >= 11 is 1.20. The van der Waals surface area contributed by atoms with E-state index in [0.29, 0.717) is 4.88 Å². The molecule has 4 heteroatoms. The quantitative estimate of drug-likeness (QED) is 0.782. The number of carbonyl (C=O) groups is 1. The van der Waals surface area contributed by atoms with Crippen LogP contribution in [0.15, 0.2) is 5.51 Å². The van der Waals surface area contributed by atoms with Crippen molar-refractivity contribution in [2.45, 2.75) is 26.2 Å². The van der Waals surface area contributed by atoms with Crippen molar-refractivity contribution in [3.63, 3.8) is 0 Å². The molecule has 0 amide bonds. The maximum atomic E-state index is 10.6. The molecule has 66 valence electrons. The van der Waals surface area contributed by atoms with Gasteiger partial charge in [0, 0.05) is 0 Å². The van der Waals surface area contributed by atoms with Crippen LogP contribution >= 0.6 is 11.3 Å². The predicted molar refractivity (Wildman–Crippen MR) is 47.7 cm³/mol. The first kappa shape index (κ1) is 9.19. The summed E-state index contributed by atoms with van der Waals surface area (Å²) in [6.07, 6.45) is 2.85. The van der Waals surface area contributed by atoms with Crippen LogP contribution in [0, 0.1) is 0 Å². The minimum Gasteiger partial charge on any atom is -0.477 e. The number of unbranched alkanes of at least 4 members (excludes halogenated alkanes) is 1. The smallest absolute Gasteiger partial charge is 0.347 e. The van der Waals surface area contributed by atoms with E-state index in [1.54, 1.807) is 5.51 Å². The molecule has 0 unspecified atom stereocenters. The molecule has 0 atom stereocenters. The Hall–Kier alpha value is -0.900. The Balaban J connectivity index is 2.70. The Kier molecular flexibility index (Phi) is 3.22. The highest BCUT2D eigenvalue weighted by molar-refractivity contribution is 7.11. The van der Waals surface area contributed by atoms with E-state index >= 15 is 0 Å². The number of thiazole rings is 1. The summed E-state index contributed by atoms with van der Waals surface area (Å²) in [5.74, 6) is -0.858. The fourth-order valence-corrected chi connectivity index (χ4v) is 1.64. The van der Waals surface area contributed by atoms with Crippen LogP contribution in [0.3, 0.4) is 0 Å². The lowest BCUT2D eigenvalue weighted by atomic mass is 10.2. The van der Waals surface area contributed by atoms with Crippen molar-refractivity contribution in [3.8, 4) is 0 Å². The average Bonchev–Trinajstić information content (AvgIpc) is 2.48. The first-order valence-electron chi connectivity index (χ1n) is 3.91. The molecule has 0 aliphatic carbocycles. The summed E-state index contributed by atoms with van der Waals surface area (Å²) in [6.45, 7) is 2.08. The van der Waals surface area contributed by atoms with Gasteiger partial charge < -0.3 is 5.11 Å². The summed E-state index contributed by atoms with van der Waals surface area (Å²) < 4.78 is 0. The van der Waals surface area contributed by atoms with Crippen LogP contribution in [-0.2, 0) is 6.42 Å². The van der Waals surface area contributed by atoms with E-state index in [1.807, 2.05) is 0 Å². The zero-order chi connectivity index (χ0) is 8.97. The fourth-order valence-electron chi connectivity index (χ4n) is 0.965. The minimum absolute atomic E-state index is 0.392. The highest BCUT2D eigenvalue weighted by Crippen LogP contribution is 2.15. The van der Waals surface area contributed by atoms with E-state index in [0.717, 1.165) is 25.0 Å². The van der Waals surface area contributed by atoms with Crippen LogP contribution < -0.4 is 0 Å². The van der Waals surface area contributed by atoms with E-state index in [-0.39, 0.29) is 0 Å². The summed E-state index contributed by atoms with van der Waals surface area (Å²) in [4.78, 5) is 15.0. The van der Waals surface area contributed by atoms with Crippen molar-refractivity contribution < 1.29 is 9.90 Å². The maximum Gasteiger partial charge on any atom is 0.347 e. The molecule has 12 heavy (non-hydrogen) atoms. The van der Waals surface area contributed by atoms with Crippen LogP contribution in [0.5, 0.6) is 0 Å². The molecular weight excluding hydrogens is 174 g/mol. The normalized spacial score (nSPS) is 10.1. The SMILES string of the molecule is CCCCc1ncsc1C(=O)O. The van der Waals surface area contributed by atoms with Gasteiger partial charge in [-0.3, -0.25) is 0 Å². The van der Waals surface area contributed by atoms with Crippen molar-refractivity contribution >= 4 is 17.3 Å². The number of aromatic nitrogens is 1. The van der Waals surface area contributed by atoms with Gasteiger partial charge in [0.05, 0.1) is 11.2 Å². The number of aryl methyl sites for hydroxylation is 1. The van der Waals surface area contributed by atoms with E-state index in [1.165, 1.54) is 11.3 Å².